The van der Waals surface area contributed by atoms with Crippen molar-refractivity contribution in [2.45, 2.75) is 46.0 Å². The second-order valence-corrected chi connectivity index (χ2v) is 10.9. The fourth-order valence-corrected chi connectivity index (χ4v) is 6.14. The van der Waals surface area contributed by atoms with Crippen molar-refractivity contribution in [1.82, 2.24) is 19.5 Å². The summed E-state index contributed by atoms with van der Waals surface area (Å²) in [6, 6.07) is 12.3. The van der Waals surface area contributed by atoms with Crippen molar-refractivity contribution < 1.29 is 4.79 Å². The van der Waals surface area contributed by atoms with Crippen LogP contribution in [0.3, 0.4) is 0 Å². The van der Waals surface area contributed by atoms with Crippen LogP contribution in [0, 0.1) is 12.3 Å². The minimum absolute atomic E-state index is 0.188. The molecule has 0 bridgehead atoms. The Morgan fingerprint density at radius 3 is 2.63 bits per heavy atom. The summed E-state index contributed by atoms with van der Waals surface area (Å²) in [5.41, 5.74) is 17.0. The van der Waals surface area contributed by atoms with Crippen LogP contribution in [0.4, 0.5) is 11.5 Å². The van der Waals surface area contributed by atoms with E-state index in [0.717, 1.165) is 71.3 Å². The maximum absolute atomic E-state index is 12.1. The SMILES string of the molecule is C=C(C)C(=O)Nc1ccc(-c2c(C3=CC[C@@]4(CC3)Cc3ccc(C)nc3C4)c3c(N)ncnc3n2C)cc1. The number of hydrogen-bond acceptors (Lipinski definition) is 5. The number of nitrogens with two attached hydrogens (primary N) is 1. The van der Waals surface area contributed by atoms with Crippen molar-refractivity contribution in [2.24, 2.45) is 12.5 Å². The topological polar surface area (TPSA) is 98.7 Å². The van der Waals surface area contributed by atoms with E-state index < -0.39 is 0 Å². The van der Waals surface area contributed by atoms with Crippen molar-refractivity contribution in [1.29, 1.82) is 0 Å². The van der Waals surface area contributed by atoms with Gasteiger partial charge in [0.2, 0.25) is 0 Å². The van der Waals surface area contributed by atoms with Gasteiger partial charge in [-0.2, -0.15) is 0 Å². The van der Waals surface area contributed by atoms with Crippen molar-refractivity contribution in [2.75, 3.05) is 11.1 Å². The van der Waals surface area contributed by atoms with E-state index in [1.165, 1.54) is 23.2 Å². The number of allylic oxidation sites excluding steroid dienone is 2. The average molecular weight is 505 g/mol. The lowest BCUT2D eigenvalue weighted by Gasteiger charge is -2.32. The van der Waals surface area contributed by atoms with E-state index in [2.05, 4.69) is 51.6 Å². The van der Waals surface area contributed by atoms with E-state index in [4.69, 9.17) is 10.7 Å². The van der Waals surface area contributed by atoms with Crippen LogP contribution in [-0.4, -0.2) is 25.4 Å². The summed E-state index contributed by atoms with van der Waals surface area (Å²) in [5, 5.41) is 3.78. The van der Waals surface area contributed by atoms with Gasteiger partial charge >= 0.3 is 0 Å². The zero-order valence-electron chi connectivity index (χ0n) is 22.1. The van der Waals surface area contributed by atoms with Gasteiger partial charge in [-0.05, 0) is 86.3 Å². The summed E-state index contributed by atoms with van der Waals surface area (Å²) in [7, 11) is 2.02. The summed E-state index contributed by atoms with van der Waals surface area (Å²) in [5.74, 6) is 0.304. The van der Waals surface area contributed by atoms with Crippen LogP contribution in [-0.2, 0) is 24.7 Å². The highest BCUT2D eigenvalue weighted by Gasteiger charge is 2.39. The Morgan fingerprint density at radius 2 is 1.92 bits per heavy atom. The van der Waals surface area contributed by atoms with Gasteiger partial charge in [0.15, 0.2) is 0 Å². The summed E-state index contributed by atoms with van der Waals surface area (Å²) in [4.78, 5) is 25.9. The highest BCUT2D eigenvalue weighted by molar-refractivity contribution is 6.05. The van der Waals surface area contributed by atoms with Crippen molar-refractivity contribution in [3.8, 4) is 11.3 Å². The smallest absolute Gasteiger partial charge is 0.250 e. The third-order valence-electron chi connectivity index (χ3n) is 8.14. The molecular formula is C31H32N6O. The number of nitrogens with one attached hydrogen (secondary N) is 1. The third kappa shape index (κ3) is 3.99. The Kier molecular flexibility index (Phi) is 5.67. The zero-order chi connectivity index (χ0) is 26.6. The molecule has 1 atom stereocenters. The highest BCUT2D eigenvalue weighted by Crippen LogP contribution is 2.50. The highest BCUT2D eigenvalue weighted by atomic mass is 16.1. The van der Waals surface area contributed by atoms with E-state index in [9.17, 15) is 4.79 Å². The molecule has 0 saturated heterocycles. The predicted molar refractivity (Wildman–Crippen MR) is 152 cm³/mol. The standard InChI is InChI=1S/C31H32N6O/c1-18(2)30(38)36-23-9-7-21(8-10-23)27-25(26-28(32)33-17-34-29(26)37(27)4)20-11-13-31(14-12-20)15-22-6-5-19(3)35-24(22)16-31/h5-11,17H,1,12-16H2,2-4H3,(H,36,38)(H2,32,33,34)/t31-/m1/s1. The molecule has 0 saturated carbocycles. The van der Waals surface area contributed by atoms with Gasteiger partial charge in [0, 0.05) is 35.3 Å². The van der Waals surface area contributed by atoms with Crippen LogP contribution < -0.4 is 11.1 Å². The van der Waals surface area contributed by atoms with Crippen LogP contribution in [0.25, 0.3) is 27.9 Å². The molecule has 192 valence electrons. The molecular weight excluding hydrogens is 472 g/mol. The van der Waals surface area contributed by atoms with Gasteiger partial charge in [-0.15, -0.1) is 0 Å². The third-order valence-corrected chi connectivity index (χ3v) is 8.14. The van der Waals surface area contributed by atoms with Crippen LogP contribution in [0.5, 0.6) is 0 Å². The number of carbonyl (C=O) groups is 1. The van der Waals surface area contributed by atoms with E-state index in [0.29, 0.717) is 11.4 Å². The number of benzene rings is 1. The molecule has 7 heteroatoms. The molecule has 2 aliphatic carbocycles. The van der Waals surface area contributed by atoms with Crippen LogP contribution in [0.15, 0.2) is 61.0 Å². The molecule has 0 radical (unpaired) electrons. The first-order chi connectivity index (χ1) is 18.2. The molecule has 1 spiro atoms. The number of nitrogen functional groups attached to an aromatic ring is 1. The summed E-state index contributed by atoms with van der Waals surface area (Å²) in [6.07, 6.45) is 9.13. The number of carbonyl (C=O) groups excluding carboxylic acids is 1. The van der Waals surface area contributed by atoms with Gasteiger partial charge in [-0.25, -0.2) is 9.97 Å². The first-order valence-electron chi connectivity index (χ1n) is 13.1. The molecule has 7 nitrogen and oxygen atoms in total. The van der Waals surface area contributed by atoms with Gasteiger partial charge in [0.1, 0.15) is 17.8 Å². The molecule has 4 aromatic rings. The van der Waals surface area contributed by atoms with Gasteiger partial charge in [0.25, 0.3) is 5.91 Å². The summed E-state index contributed by atoms with van der Waals surface area (Å²) in [6.45, 7) is 7.48. The maximum atomic E-state index is 12.1. The molecule has 3 heterocycles. The normalized spacial score (nSPS) is 18.4. The van der Waals surface area contributed by atoms with Crippen molar-refractivity contribution in [3.05, 3.63) is 83.5 Å². The average Bonchev–Trinajstić information content (AvgIpc) is 3.40. The van der Waals surface area contributed by atoms with Gasteiger partial charge in [-0.1, -0.05) is 30.9 Å². The second-order valence-electron chi connectivity index (χ2n) is 10.9. The van der Waals surface area contributed by atoms with Crippen LogP contribution in [0.1, 0.15) is 48.7 Å². The Hall–Kier alpha value is -4.26. The number of nitrogens with zero attached hydrogens (tertiary/aromatic N) is 4. The monoisotopic (exact) mass is 504 g/mol. The largest absolute Gasteiger partial charge is 0.383 e. The molecule has 6 rings (SSSR count). The minimum Gasteiger partial charge on any atom is -0.383 e. The van der Waals surface area contributed by atoms with Crippen molar-refractivity contribution in [3.63, 3.8) is 0 Å². The lowest BCUT2D eigenvalue weighted by molar-refractivity contribution is -0.112. The molecule has 1 amide bonds. The molecule has 0 unspecified atom stereocenters. The molecule has 1 aromatic carbocycles. The van der Waals surface area contributed by atoms with Gasteiger partial charge < -0.3 is 15.6 Å². The second kappa shape index (κ2) is 8.94. The number of anilines is 2. The summed E-state index contributed by atoms with van der Waals surface area (Å²) >= 11 is 0. The van der Waals surface area contributed by atoms with E-state index >= 15 is 0 Å². The van der Waals surface area contributed by atoms with Gasteiger partial charge in [0.05, 0.1) is 11.1 Å². The molecule has 2 aliphatic rings. The first-order valence-corrected chi connectivity index (χ1v) is 13.1. The fraction of sp³-hybridized carbons (Fsp3) is 0.290. The molecule has 38 heavy (non-hydrogen) atoms. The fourth-order valence-electron chi connectivity index (χ4n) is 6.14. The molecule has 3 aromatic heterocycles. The minimum atomic E-state index is -0.188. The lowest BCUT2D eigenvalue weighted by Crippen LogP contribution is -2.23. The molecule has 0 fully saturated rings. The number of hydrogen-bond donors (Lipinski definition) is 2. The summed E-state index contributed by atoms with van der Waals surface area (Å²) < 4.78 is 2.10. The molecule has 0 aliphatic heterocycles. The Labute approximate surface area is 222 Å². The number of aryl methyl sites for hydroxylation is 2. The Balaban J connectivity index is 1.40. The number of pyridine rings is 1. The molecule has 3 N–H and O–H groups in total. The lowest BCUT2D eigenvalue weighted by atomic mass is 9.72. The first kappa shape index (κ1) is 24.1. The van der Waals surface area contributed by atoms with Crippen LogP contribution in [0.2, 0.25) is 0 Å². The van der Waals surface area contributed by atoms with Gasteiger partial charge in [-0.3, -0.25) is 9.78 Å². The maximum Gasteiger partial charge on any atom is 0.250 e. The van der Waals surface area contributed by atoms with E-state index in [-0.39, 0.29) is 11.3 Å². The van der Waals surface area contributed by atoms with Crippen molar-refractivity contribution >= 4 is 34.0 Å². The Morgan fingerprint density at radius 1 is 1.13 bits per heavy atom. The van der Waals surface area contributed by atoms with Crippen LogP contribution >= 0.6 is 0 Å². The Bertz CT molecular complexity index is 1650. The zero-order valence-corrected chi connectivity index (χ0v) is 22.1. The number of aromatic nitrogens is 4. The number of rotatable bonds is 4. The number of fused-ring (bicyclic) bond motifs is 2. The number of amides is 1. The van der Waals surface area contributed by atoms with E-state index in [1.807, 2.05) is 31.3 Å². The quantitative estimate of drug-likeness (QED) is 0.343. The predicted octanol–water partition coefficient (Wildman–Crippen LogP) is 5.79. The van der Waals surface area contributed by atoms with E-state index in [1.54, 1.807) is 6.92 Å².